The second kappa shape index (κ2) is 6.12. The Morgan fingerprint density at radius 1 is 1.11 bits per heavy atom. The van der Waals surface area contributed by atoms with Gasteiger partial charge in [-0.25, -0.2) is 10.4 Å². The van der Waals surface area contributed by atoms with Gasteiger partial charge < -0.3 is 9.47 Å². The van der Waals surface area contributed by atoms with Crippen molar-refractivity contribution < 1.29 is 9.47 Å². The Morgan fingerprint density at radius 3 is 2.53 bits per heavy atom. The molecule has 0 saturated carbocycles. The molecule has 0 bridgehead atoms. The maximum atomic E-state index is 5.66. The first-order chi connectivity index (χ1) is 9.31. The van der Waals surface area contributed by atoms with Gasteiger partial charge in [-0.1, -0.05) is 18.2 Å². The minimum Gasteiger partial charge on any atom is -0.496 e. The van der Waals surface area contributed by atoms with Crippen molar-refractivity contribution in [2.45, 2.75) is 6.04 Å². The van der Waals surface area contributed by atoms with Crippen LogP contribution < -0.4 is 20.7 Å². The van der Waals surface area contributed by atoms with Gasteiger partial charge in [-0.15, -0.1) is 0 Å². The van der Waals surface area contributed by atoms with Gasteiger partial charge in [-0.05, 0) is 6.07 Å². The highest BCUT2D eigenvalue weighted by Crippen LogP contribution is 2.31. The van der Waals surface area contributed by atoms with Crippen LogP contribution in [0.4, 0.5) is 0 Å². The number of ether oxygens (including phenoxy) is 2. The molecule has 2 aromatic rings. The van der Waals surface area contributed by atoms with Gasteiger partial charge in [0, 0.05) is 18.0 Å². The zero-order valence-corrected chi connectivity index (χ0v) is 10.8. The molecule has 3 N–H and O–H groups in total. The Labute approximate surface area is 111 Å². The van der Waals surface area contributed by atoms with Gasteiger partial charge in [-0.2, -0.15) is 0 Å². The Bertz CT molecular complexity index is 500. The molecule has 0 amide bonds. The second-order valence-electron chi connectivity index (χ2n) is 3.79. The normalized spacial score (nSPS) is 11.9. The first-order valence-corrected chi connectivity index (χ1v) is 5.75. The summed E-state index contributed by atoms with van der Waals surface area (Å²) >= 11 is 0. The molecular weight excluding hydrogens is 244 g/mol. The van der Waals surface area contributed by atoms with E-state index in [-0.39, 0.29) is 6.04 Å². The largest absolute Gasteiger partial charge is 0.496 e. The number of nitrogens with one attached hydrogen (secondary N) is 1. The molecule has 0 aliphatic carbocycles. The van der Waals surface area contributed by atoms with Crippen molar-refractivity contribution in [3.05, 3.63) is 47.9 Å². The Balaban J connectivity index is 2.50. The average Bonchev–Trinajstić information content (AvgIpc) is 2.49. The number of hydrazine groups is 1. The molecule has 6 nitrogen and oxygen atoms in total. The highest BCUT2D eigenvalue weighted by Gasteiger charge is 2.22. The fraction of sp³-hybridized carbons (Fsp3) is 0.231. The van der Waals surface area contributed by atoms with Crippen molar-refractivity contribution in [1.82, 2.24) is 15.4 Å². The van der Waals surface area contributed by atoms with Crippen LogP contribution in [0.15, 0.2) is 36.7 Å². The smallest absolute Gasteiger partial charge is 0.237 e. The number of hydrogen-bond acceptors (Lipinski definition) is 6. The van der Waals surface area contributed by atoms with Gasteiger partial charge in [0.2, 0.25) is 5.88 Å². The van der Waals surface area contributed by atoms with E-state index in [0.717, 1.165) is 11.3 Å². The van der Waals surface area contributed by atoms with Crippen LogP contribution in [0.25, 0.3) is 0 Å². The van der Waals surface area contributed by atoms with E-state index in [9.17, 15) is 0 Å². The molecule has 0 fully saturated rings. The number of nitrogens with two attached hydrogens (primary N) is 1. The van der Waals surface area contributed by atoms with Crippen LogP contribution in [0.3, 0.4) is 0 Å². The molecule has 0 aliphatic heterocycles. The van der Waals surface area contributed by atoms with Crippen LogP contribution in [0, 0.1) is 0 Å². The summed E-state index contributed by atoms with van der Waals surface area (Å²) in [6, 6.07) is 7.22. The third-order valence-electron chi connectivity index (χ3n) is 2.77. The number of aromatic nitrogens is 2. The van der Waals surface area contributed by atoms with Gasteiger partial charge in [-0.3, -0.25) is 10.8 Å². The van der Waals surface area contributed by atoms with Crippen molar-refractivity contribution in [2.75, 3.05) is 14.2 Å². The summed E-state index contributed by atoms with van der Waals surface area (Å²) in [5.41, 5.74) is 4.20. The van der Waals surface area contributed by atoms with Crippen LogP contribution in [-0.4, -0.2) is 24.2 Å². The van der Waals surface area contributed by atoms with Gasteiger partial charge in [0.25, 0.3) is 0 Å². The van der Waals surface area contributed by atoms with Crippen LogP contribution >= 0.6 is 0 Å². The molecule has 0 aliphatic rings. The Kier molecular flexibility index (Phi) is 4.27. The maximum Gasteiger partial charge on any atom is 0.237 e. The predicted molar refractivity (Wildman–Crippen MR) is 70.7 cm³/mol. The Morgan fingerprint density at radius 2 is 1.84 bits per heavy atom. The quantitative estimate of drug-likeness (QED) is 0.617. The lowest BCUT2D eigenvalue weighted by atomic mass is 10.0. The van der Waals surface area contributed by atoms with Gasteiger partial charge >= 0.3 is 0 Å². The highest BCUT2D eigenvalue weighted by molar-refractivity contribution is 5.41. The number of hydrogen-bond donors (Lipinski definition) is 2. The first-order valence-electron chi connectivity index (χ1n) is 5.75. The van der Waals surface area contributed by atoms with Crippen LogP contribution in [0.5, 0.6) is 11.6 Å². The summed E-state index contributed by atoms with van der Waals surface area (Å²) in [5, 5.41) is 0. The third-order valence-corrected chi connectivity index (χ3v) is 2.77. The molecule has 6 heteroatoms. The van der Waals surface area contributed by atoms with E-state index < -0.39 is 0 Å². The Hall–Kier alpha value is -2.18. The molecule has 1 heterocycles. The number of benzene rings is 1. The molecule has 2 rings (SSSR count). The first kappa shape index (κ1) is 13.3. The summed E-state index contributed by atoms with van der Waals surface area (Å²) in [5.74, 6) is 6.80. The summed E-state index contributed by atoms with van der Waals surface area (Å²) in [4.78, 5) is 8.41. The lowest BCUT2D eigenvalue weighted by Gasteiger charge is -2.19. The van der Waals surface area contributed by atoms with Crippen LogP contribution in [-0.2, 0) is 0 Å². The standard InChI is InChI=1S/C13H16N4O2/c1-18-10-6-4-3-5-9(10)11(17-14)12-13(19-2)16-8-7-15-12/h3-8,11,17H,14H2,1-2H3. The molecule has 19 heavy (non-hydrogen) atoms. The molecule has 100 valence electrons. The van der Waals surface area contributed by atoms with Gasteiger partial charge in [0.15, 0.2) is 0 Å². The molecule has 1 aromatic carbocycles. The van der Waals surface area contributed by atoms with E-state index in [1.165, 1.54) is 0 Å². The van der Waals surface area contributed by atoms with E-state index in [2.05, 4.69) is 15.4 Å². The zero-order chi connectivity index (χ0) is 13.7. The van der Waals surface area contributed by atoms with Crippen molar-refractivity contribution in [3.63, 3.8) is 0 Å². The summed E-state index contributed by atoms with van der Waals surface area (Å²) < 4.78 is 10.6. The van der Waals surface area contributed by atoms with Crippen molar-refractivity contribution in [2.24, 2.45) is 5.84 Å². The monoisotopic (exact) mass is 260 g/mol. The van der Waals surface area contributed by atoms with Crippen LogP contribution in [0.2, 0.25) is 0 Å². The number of rotatable bonds is 5. The van der Waals surface area contributed by atoms with E-state index >= 15 is 0 Å². The number of para-hydroxylation sites is 1. The van der Waals surface area contributed by atoms with E-state index in [1.807, 2.05) is 24.3 Å². The summed E-state index contributed by atoms with van der Waals surface area (Å²) in [6.45, 7) is 0. The summed E-state index contributed by atoms with van der Waals surface area (Å²) in [7, 11) is 3.16. The van der Waals surface area contributed by atoms with Crippen LogP contribution in [0.1, 0.15) is 17.3 Å². The average molecular weight is 260 g/mol. The molecule has 1 atom stereocenters. The zero-order valence-electron chi connectivity index (χ0n) is 10.8. The van der Waals surface area contributed by atoms with E-state index in [1.54, 1.807) is 26.6 Å². The second-order valence-corrected chi connectivity index (χ2v) is 3.79. The summed E-state index contributed by atoms with van der Waals surface area (Å²) in [6.07, 6.45) is 3.16. The minimum atomic E-state index is -0.361. The van der Waals surface area contributed by atoms with E-state index in [0.29, 0.717) is 11.6 Å². The van der Waals surface area contributed by atoms with E-state index in [4.69, 9.17) is 15.3 Å². The van der Waals surface area contributed by atoms with Crippen molar-refractivity contribution >= 4 is 0 Å². The number of methoxy groups -OCH3 is 2. The topological polar surface area (TPSA) is 82.3 Å². The van der Waals surface area contributed by atoms with Crippen molar-refractivity contribution in [1.29, 1.82) is 0 Å². The molecule has 0 saturated heterocycles. The van der Waals surface area contributed by atoms with Gasteiger partial charge in [0.05, 0.1) is 20.3 Å². The maximum absolute atomic E-state index is 5.66. The lowest BCUT2D eigenvalue weighted by molar-refractivity contribution is 0.378. The fourth-order valence-corrected chi connectivity index (χ4v) is 1.91. The van der Waals surface area contributed by atoms with Gasteiger partial charge in [0.1, 0.15) is 11.4 Å². The molecule has 1 aromatic heterocycles. The third kappa shape index (κ3) is 2.64. The lowest BCUT2D eigenvalue weighted by Crippen LogP contribution is -2.30. The minimum absolute atomic E-state index is 0.361. The molecule has 0 spiro atoms. The SMILES string of the molecule is COc1ccccc1C(NN)c1nccnc1OC. The molecule has 0 radical (unpaired) electrons. The molecule has 1 unspecified atom stereocenters. The predicted octanol–water partition coefficient (Wildman–Crippen LogP) is 1.05. The molecular formula is C13H16N4O2. The van der Waals surface area contributed by atoms with Crippen molar-refractivity contribution in [3.8, 4) is 11.6 Å². The number of nitrogens with zero attached hydrogens (tertiary/aromatic N) is 2. The highest BCUT2D eigenvalue weighted by atomic mass is 16.5. The fourth-order valence-electron chi connectivity index (χ4n) is 1.91.